The molecular weight excluding hydrogens is 374 g/mol. The fourth-order valence-corrected chi connectivity index (χ4v) is 5.19. The van der Waals surface area contributed by atoms with Crippen molar-refractivity contribution in [3.8, 4) is 0 Å². The van der Waals surface area contributed by atoms with Crippen LogP contribution in [0.15, 0.2) is 11.6 Å². The monoisotopic (exact) mass is 403 g/mol. The Labute approximate surface area is 170 Å². The molecule has 8 heteroatoms. The topological polar surface area (TPSA) is 78.4 Å². The fraction of sp³-hybridized carbons (Fsp3) is 0.700. The minimum Gasteiger partial charge on any atom is -0.356 e. The van der Waals surface area contributed by atoms with E-state index < -0.39 is 0 Å². The van der Waals surface area contributed by atoms with Crippen molar-refractivity contribution >= 4 is 33.4 Å². The lowest BCUT2D eigenvalue weighted by molar-refractivity contribution is -0.125. The predicted molar refractivity (Wildman–Crippen MR) is 111 cm³/mol. The molecule has 1 N–H and O–H groups in total. The van der Waals surface area contributed by atoms with Crippen LogP contribution in [0.2, 0.25) is 0 Å². The Bertz CT molecular complexity index is 739. The van der Waals surface area contributed by atoms with E-state index in [1.54, 1.807) is 4.90 Å². The van der Waals surface area contributed by atoms with Gasteiger partial charge in [0.25, 0.3) is 0 Å². The number of carbonyl (C=O) groups is 2. The molecule has 1 aromatic rings. The molecule has 4 rings (SSSR count). The van der Waals surface area contributed by atoms with Crippen LogP contribution in [0.1, 0.15) is 57.8 Å². The summed E-state index contributed by atoms with van der Waals surface area (Å²) < 4.78 is 0. The summed E-state index contributed by atoms with van der Waals surface area (Å²) in [4.78, 5) is 28.3. The van der Waals surface area contributed by atoms with E-state index in [1.807, 2.05) is 0 Å². The Kier molecular flexibility index (Phi) is 6.24. The van der Waals surface area contributed by atoms with Crippen molar-refractivity contribution in [2.75, 3.05) is 36.0 Å². The van der Waals surface area contributed by atoms with E-state index in [2.05, 4.69) is 26.5 Å². The Hall–Kier alpha value is -1.96. The molecule has 3 aliphatic rings. The summed E-state index contributed by atoms with van der Waals surface area (Å²) >= 11 is 1.48. The molecule has 0 bridgehead atoms. The summed E-state index contributed by atoms with van der Waals surface area (Å²) in [6.07, 6.45) is 11.5. The van der Waals surface area contributed by atoms with Gasteiger partial charge in [-0.1, -0.05) is 23.0 Å². The van der Waals surface area contributed by atoms with Crippen molar-refractivity contribution in [2.24, 2.45) is 5.92 Å². The summed E-state index contributed by atoms with van der Waals surface area (Å²) in [5.74, 6) is 0.419. The second-order valence-corrected chi connectivity index (χ2v) is 8.86. The van der Waals surface area contributed by atoms with Crippen LogP contribution in [0.4, 0.5) is 10.3 Å². The zero-order valence-corrected chi connectivity index (χ0v) is 17.2. The van der Waals surface area contributed by atoms with E-state index in [1.165, 1.54) is 42.6 Å². The van der Waals surface area contributed by atoms with Crippen molar-refractivity contribution in [1.29, 1.82) is 0 Å². The smallest absolute Gasteiger partial charge is 0.228 e. The Morgan fingerprint density at radius 2 is 1.93 bits per heavy atom. The molecule has 0 saturated carbocycles. The number of carbonyl (C=O) groups excluding carboxylic acids is 2. The molecule has 7 nitrogen and oxygen atoms in total. The van der Waals surface area contributed by atoms with E-state index in [9.17, 15) is 9.59 Å². The quantitative estimate of drug-likeness (QED) is 0.739. The number of anilines is 2. The lowest BCUT2D eigenvalue weighted by atomic mass is 9.95. The number of nitrogens with zero attached hydrogens (tertiary/aromatic N) is 4. The fourth-order valence-electron chi connectivity index (χ4n) is 4.25. The highest BCUT2D eigenvalue weighted by atomic mass is 32.1. The normalized spacial score (nSPS) is 21.1. The van der Waals surface area contributed by atoms with Gasteiger partial charge < -0.3 is 10.2 Å². The minimum absolute atomic E-state index is 0.0872. The summed E-state index contributed by atoms with van der Waals surface area (Å²) in [5.41, 5.74) is 1.50. The molecule has 0 aromatic carbocycles. The third-order valence-electron chi connectivity index (χ3n) is 5.97. The molecule has 0 atom stereocenters. The van der Waals surface area contributed by atoms with Crippen LogP contribution in [0.25, 0.3) is 0 Å². The predicted octanol–water partition coefficient (Wildman–Crippen LogP) is 2.89. The Morgan fingerprint density at radius 1 is 1.11 bits per heavy atom. The summed E-state index contributed by atoms with van der Waals surface area (Å²) in [7, 11) is 0. The maximum absolute atomic E-state index is 12.5. The molecule has 28 heavy (non-hydrogen) atoms. The van der Waals surface area contributed by atoms with Crippen molar-refractivity contribution in [1.82, 2.24) is 15.5 Å². The molecule has 0 radical (unpaired) electrons. The van der Waals surface area contributed by atoms with Gasteiger partial charge in [0.1, 0.15) is 0 Å². The van der Waals surface area contributed by atoms with E-state index >= 15 is 0 Å². The van der Waals surface area contributed by atoms with E-state index in [0.29, 0.717) is 11.6 Å². The first kappa shape index (κ1) is 19.4. The van der Waals surface area contributed by atoms with E-state index in [4.69, 9.17) is 0 Å². The number of allylic oxidation sites excluding steroid dienone is 1. The third kappa shape index (κ3) is 4.54. The van der Waals surface area contributed by atoms with Gasteiger partial charge in [-0.15, -0.1) is 10.2 Å². The highest BCUT2D eigenvalue weighted by molar-refractivity contribution is 7.19. The third-order valence-corrected chi connectivity index (χ3v) is 6.98. The largest absolute Gasteiger partial charge is 0.356 e. The second-order valence-electron chi connectivity index (χ2n) is 7.93. The maximum Gasteiger partial charge on any atom is 0.228 e. The zero-order valence-electron chi connectivity index (χ0n) is 16.4. The molecule has 152 valence electrons. The van der Waals surface area contributed by atoms with Gasteiger partial charge in [0, 0.05) is 38.5 Å². The number of aromatic nitrogens is 2. The van der Waals surface area contributed by atoms with Gasteiger partial charge >= 0.3 is 0 Å². The molecule has 3 heterocycles. The number of amides is 2. The van der Waals surface area contributed by atoms with Crippen LogP contribution in [0.3, 0.4) is 0 Å². The minimum atomic E-state index is 0.0872. The van der Waals surface area contributed by atoms with Gasteiger partial charge in [-0.3, -0.25) is 14.5 Å². The molecule has 2 saturated heterocycles. The Balaban J connectivity index is 1.22. The molecule has 2 amide bonds. The summed E-state index contributed by atoms with van der Waals surface area (Å²) in [6.45, 7) is 3.12. The van der Waals surface area contributed by atoms with Crippen LogP contribution in [-0.2, 0) is 9.59 Å². The lowest BCUT2D eigenvalue weighted by Crippen LogP contribution is -2.40. The number of hydrogen-bond donors (Lipinski definition) is 1. The number of rotatable bonds is 6. The second kappa shape index (κ2) is 9.03. The van der Waals surface area contributed by atoms with E-state index in [0.717, 1.165) is 57.0 Å². The van der Waals surface area contributed by atoms with Gasteiger partial charge in [-0.05, 0) is 51.4 Å². The molecular formula is C20H29N5O2S. The maximum atomic E-state index is 12.5. The molecule has 2 aliphatic heterocycles. The molecule has 0 unspecified atom stereocenters. The van der Waals surface area contributed by atoms with Crippen molar-refractivity contribution < 1.29 is 9.59 Å². The number of piperidine rings is 1. The van der Waals surface area contributed by atoms with Crippen molar-refractivity contribution in [3.63, 3.8) is 0 Å². The van der Waals surface area contributed by atoms with Crippen molar-refractivity contribution in [2.45, 2.75) is 57.8 Å². The van der Waals surface area contributed by atoms with Gasteiger partial charge in [0.05, 0.1) is 0 Å². The summed E-state index contributed by atoms with van der Waals surface area (Å²) in [6, 6.07) is 0. The van der Waals surface area contributed by atoms with Gasteiger partial charge in [-0.25, -0.2) is 0 Å². The lowest BCUT2D eigenvalue weighted by Gasteiger charge is -2.30. The van der Waals surface area contributed by atoms with Crippen LogP contribution in [0.5, 0.6) is 0 Å². The van der Waals surface area contributed by atoms with Crippen LogP contribution in [0, 0.1) is 5.92 Å². The molecule has 1 aromatic heterocycles. The number of hydrogen-bond acceptors (Lipinski definition) is 6. The Morgan fingerprint density at radius 3 is 2.64 bits per heavy atom. The first-order valence-electron chi connectivity index (χ1n) is 10.5. The van der Waals surface area contributed by atoms with Crippen LogP contribution >= 0.6 is 11.3 Å². The SMILES string of the molecule is O=C(NCCC1=CCCCC1)C1CCN(c2nnc(N3CCCC3=O)s2)CC1. The van der Waals surface area contributed by atoms with Gasteiger partial charge in [0.2, 0.25) is 22.1 Å². The van der Waals surface area contributed by atoms with Gasteiger partial charge in [-0.2, -0.15) is 0 Å². The van der Waals surface area contributed by atoms with Crippen molar-refractivity contribution in [3.05, 3.63) is 11.6 Å². The zero-order chi connectivity index (χ0) is 19.3. The average Bonchev–Trinajstić information content (AvgIpc) is 3.38. The van der Waals surface area contributed by atoms with Crippen LogP contribution in [-0.4, -0.2) is 48.2 Å². The van der Waals surface area contributed by atoms with Gasteiger partial charge in [0.15, 0.2) is 0 Å². The molecule has 0 spiro atoms. The first-order valence-corrected chi connectivity index (χ1v) is 11.4. The highest BCUT2D eigenvalue weighted by Gasteiger charge is 2.29. The first-order chi connectivity index (χ1) is 13.7. The summed E-state index contributed by atoms with van der Waals surface area (Å²) in [5, 5.41) is 13.2. The van der Waals surface area contributed by atoms with Crippen LogP contribution < -0.4 is 15.1 Å². The molecule has 1 aliphatic carbocycles. The molecule has 2 fully saturated rings. The van der Waals surface area contributed by atoms with E-state index in [-0.39, 0.29) is 17.7 Å². The average molecular weight is 404 g/mol. The number of nitrogens with one attached hydrogen (secondary N) is 1. The highest BCUT2D eigenvalue weighted by Crippen LogP contribution is 2.32. The standard InChI is InChI=1S/C20H29N5O2S/c26-17-7-4-12-25(17)20-23-22-19(28-20)24-13-9-16(10-14-24)18(27)21-11-8-15-5-2-1-3-6-15/h5,16H,1-4,6-14H2,(H,21,27).